The number of hydrazine groups is 1. The third-order valence-corrected chi connectivity index (χ3v) is 4.95. The summed E-state index contributed by atoms with van der Waals surface area (Å²) in [4.78, 5) is 0.260. The number of nitrogens with two attached hydrogens (primary N) is 1. The molecule has 0 aliphatic carbocycles. The zero-order valence-electron chi connectivity index (χ0n) is 11.2. The molecule has 0 saturated heterocycles. The lowest BCUT2D eigenvalue weighted by atomic mass is 9.99. The second-order valence-electron chi connectivity index (χ2n) is 4.61. The van der Waals surface area contributed by atoms with Crippen LogP contribution in [0.25, 0.3) is 0 Å². The third-order valence-electron chi connectivity index (χ3n) is 3.09. The maximum absolute atomic E-state index is 11.5. The Morgan fingerprint density at radius 3 is 2.05 bits per heavy atom. The molecule has 2 rings (SSSR count). The Labute approximate surface area is 133 Å². The van der Waals surface area contributed by atoms with Crippen LogP contribution < -0.4 is 11.3 Å². The quantitative estimate of drug-likeness (QED) is 0.660. The highest BCUT2D eigenvalue weighted by Gasteiger charge is 2.15. The van der Waals surface area contributed by atoms with E-state index in [1.807, 2.05) is 6.07 Å². The molecule has 1 atom stereocenters. The van der Waals surface area contributed by atoms with Crippen molar-refractivity contribution in [3.05, 3.63) is 63.6 Å². The van der Waals surface area contributed by atoms with Gasteiger partial charge in [-0.05, 0) is 35.4 Å². The summed E-state index contributed by atoms with van der Waals surface area (Å²) in [5, 5.41) is 0.894. The Bertz CT molecular complexity index is 746. The minimum Gasteiger partial charge on any atom is -0.271 e. The molecular formula is C14H14Cl2N2O2S. The van der Waals surface area contributed by atoms with Crippen molar-refractivity contribution in [2.24, 2.45) is 5.84 Å². The monoisotopic (exact) mass is 344 g/mol. The van der Waals surface area contributed by atoms with E-state index in [0.717, 1.165) is 11.1 Å². The van der Waals surface area contributed by atoms with Crippen molar-refractivity contribution < 1.29 is 8.42 Å². The lowest BCUT2D eigenvalue weighted by Gasteiger charge is -2.17. The van der Waals surface area contributed by atoms with Gasteiger partial charge in [0.15, 0.2) is 9.84 Å². The largest absolute Gasteiger partial charge is 0.271 e. The maximum Gasteiger partial charge on any atom is 0.175 e. The summed E-state index contributed by atoms with van der Waals surface area (Å²) in [6.07, 6.45) is 1.17. The van der Waals surface area contributed by atoms with Gasteiger partial charge in [-0.1, -0.05) is 41.4 Å². The van der Waals surface area contributed by atoms with Crippen LogP contribution in [-0.4, -0.2) is 14.7 Å². The fourth-order valence-electron chi connectivity index (χ4n) is 1.98. The molecule has 4 nitrogen and oxygen atoms in total. The number of sulfone groups is 1. The van der Waals surface area contributed by atoms with Crippen LogP contribution in [0.3, 0.4) is 0 Å². The van der Waals surface area contributed by atoms with E-state index in [4.69, 9.17) is 29.0 Å². The number of halogens is 2. The molecule has 0 heterocycles. The van der Waals surface area contributed by atoms with E-state index in [2.05, 4.69) is 5.43 Å². The van der Waals surface area contributed by atoms with E-state index < -0.39 is 9.84 Å². The number of hydrogen-bond acceptors (Lipinski definition) is 4. The van der Waals surface area contributed by atoms with Crippen molar-refractivity contribution in [3.63, 3.8) is 0 Å². The molecule has 1 unspecified atom stereocenters. The molecule has 0 fully saturated rings. The van der Waals surface area contributed by atoms with E-state index in [-0.39, 0.29) is 10.9 Å². The summed E-state index contributed by atoms with van der Waals surface area (Å²) in [5.41, 5.74) is 4.34. The first-order chi connectivity index (χ1) is 9.82. The SMILES string of the molecule is CS(=O)(=O)c1ccc(C(NN)c2ccc(Cl)c(Cl)c2)cc1. The molecule has 0 aromatic heterocycles. The number of rotatable bonds is 4. The number of hydrogen-bond donors (Lipinski definition) is 2. The van der Waals surface area contributed by atoms with Gasteiger partial charge < -0.3 is 0 Å². The van der Waals surface area contributed by atoms with Crippen molar-refractivity contribution >= 4 is 33.0 Å². The van der Waals surface area contributed by atoms with E-state index in [1.165, 1.54) is 6.26 Å². The highest BCUT2D eigenvalue weighted by atomic mass is 35.5. The molecule has 7 heteroatoms. The lowest BCUT2D eigenvalue weighted by Crippen LogP contribution is -2.28. The van der Waals surface area contributed by atoms with Crippen LogP contribution in [0.15, 0.2) is 47.4 Å². The molecule has 21 heavy (non-hydrogen) atoms. The van der Waals surface area contributed by atoms with E-state index in [1.54, 1.807) is 36.4 Å². The van der Waals surface area contributed by atoms with E-state index in [9.17, 15) is 8.42 Å². The number of nitrogens with one attached hydrogen (secondary N) is 1. The van der Waals surface area contributed by atoms with Gasteiger partial charge in [0.2, 0.25) is 0 Å². The summed E-state index contributed by atoms with van der Waals surface area (Å²) >= 11 is 11.9. The van der Waals surface area contributed by atoms with Gasteiger partial charge >= 0.3 is 0 Å². The Morgan fingerprint density at radius 2 is 1.57 bits per heavy atom. The highest BCUT2D eigenvalue weighted by molar-refractivity contribution is 7.90. The van der Waals surface area contributed by atoms with Gasteiger partial charge in [-0.2, -0.15) is 0 Å². The van der Waals surface area contributed by atoms with Crippen LogP contribution >= 0.6 is 23.2 Å². The normalized spacial score (nSPS) is 13.1. The first-order valence-electron chi connectivity index (χ1n) is 6.04. The predicted molar refractivity (Wildman–Crippen MR) is 85.2 cm³/mol. The van der Waals surface area contributed by atoms with Crippen LogP contribution in [0, 0.1) is 0 Å². The highest BCUT2D eigenvalue weighted by Crippen LogP contribution is 2.28. The van der Waals surface area contributed by atoms with E-state index in [0.29, 0.717) is 10.0 Å². The Hall–Kier alpha value is -1.11. The van der Waals surface area contributed by atoms with Gasteiger partial charge in [0.1, 0.15) is 0 Å². The number of benzene rings is 2. The molecule has 3 N–H and O–H groups in total. The van der Waals surface area contributed by atoms with Crippen molar-refractivity contribution in [1.82, 2.24) is 5.43 Å². The second-order valence-corrected chi connectivity index (χ2v) is 7.44. The van der Waals surface area contributed by atoms with Crippen molar-refractivity contribution in [3.8, 4) is 0 Å². The zero-order valence-corrected chi connectivity index (χ0v) is 13.5. The van der Waals surface area contributed by atoms with Crippen LogP contribution in [-0.2, 0) is 9.84 Å². The van der Waals surface area contributed by atoms with Gasteiger partial charge in [0, 0.05) is 6.26 Å². The molecule has 2 aromatic rings. The van der Waals surface area contributed by atoms with Gasteiger partial charge in [-0.15, -0.1) is 0 Å². The molecule has 0 bridgehead atoms. The predicted octanol–water partition coefficient (Wildman–Crippen LogP) is 2.95. The molecular weight excluding hydrogens is 331 g/mol. The van der Waals surface area contributed by atoms with Gasteiger partial charge in [-0.3, -0.25) is 5.84 Å². The maximum atomic E-state index is 11.5. The van der Waals surface area contributed by atoms with E-state index >= 15 is 0 Å². The topological polar surface area (TPSA) is 72.2 Å². The lowest BCUT2D eigenvalue weighted by molar-refractivity contribution is 0.601. The van der Waals surface area contributed by atoms with Crippen molar-refractivity contribution in [2.75, 3.05) is 6.26 Å². The summed E-state index contributed by atoms with van der Waals surface area (Å²) in [6.45, 7) is 0. The van der Waals surface area contributed by atoms with Gasteiger partial charge in [0.05, 0.1) is 21.0 Å². The Morgan fingerprint density at radius 1 is 1.00 bits per heavy atom. The summed E-state index contributed by atoms with van der Waals surface area (Å²) < 4.78 is 22.9. The first kappa shape index (κ1) is 16.3. The molecule has 0 aliphatic rings. The zero-order chi connectivity index (χ0) is 15.6. The molecule has 0 saturated carbocycles. The summed E-state index contributed by atoms with van der Waals surface area (Å²) in [6, 6.07) is 11.4. The molecule has 0 amide bonds. The fourth-order valence-corrected chi connectivity index (χ4v) is 2.92. The van der Waals surface area contributed by atoms with Crippen LogP contribution in [0.5, 0.6) is 0 Å². The van der Waals surface area contributed by atoms with Gasteiger partial charge in [-0.25, -0.2) is 13.8 Å². The van der Waals surface area contributed by atoms with Crippen LogP contribution in [0.2, 0.25) is 10.0 Å². The van der Waals surface area contributed by atoms with Gasteiger partial charge in [0.25, 0.3) is 0 Å². The van der Waals surface area contributed by atoms with Crippen molar-refractivity contribution in [1.29, 1.82) is 0 Å². The second kappa shape index (κ2) is 6.34. The molecule has 0 aliphatic heterocycles. The van der Waals surface area contributed by atoms with Crippen LogP contribution in [0.4, 0.5) is 0 Å². The third kappa shape index (κ3) is 3.75. The fraction of sp³-hybridized carbons (Fsp3) is 0.143. The first-order valence-corrected chi connectivity index (χ1v) is 8.69. The standard InChI is InChI=1S/C14H14Cl2N2O2S/c1-21(19,20)11-5-2-9(3-6-11)14(18-17)10-4-7-12(15)13(16)8-10/h2-8,14,18H,17H2,1H3. The minimum absolute atomic E-state index is 0.260. The molecule has 112 valence electrons. The van der Waals surface area contributed by atoms with Crippen molar-refractivity contribution in [2.45, 2.75) is 10.9 Å². The summed E-state index contributed by atoms with van der Waals surface area (Å²) in [5.74, 6) is 5.60. The van der Waals surface area contributed by atoms with Crippen LogP contribution in [0.1, 0.15) is 17.2 Å². The summed E-state index contributed by atoms with van der Waals surface area (Å²) in [7, 11) is -3.22. The average molecular weight is 345 g/mol. The molecule has 2 aromatic carbocycles. The minimum atomic E-state index is -3.22. The molecule has 0 radical (unpaired) electrons. The smallest absolute Gasteiger partial charge is 0.175 e. The Kier molecular flexibility index (Phi) is 4.91. The molecule has 0 spiro atoms. The Balaban J connectivity index is 2.39. The average Bonchev–Trinajstić information content (AvgIpc) is 2.43.